The molecule has 4 nitrogen and oxygen atoms in total. The number of rotatable bonds is 4. The van der Waals surface area contributed by atoms with E-state index in [1.54, 1.807) is 0 Å². The third kappa shape index (κ3) is 5.48. The quantitative estimate of drug-likeness (QED) is 0.785. The van der Waals surface area contributed by atoms with Gasteiger partial charge in [0.05, 0.1) is 6.42 Å². The Morgan fingerprint density at radius 3 is 2.11 bits per heavy atom. The van der Waals surface area contributed by atoms with Gasteiger partial charge in [-0.25, -0.2) is 0 Å². The lowest BCUT2D eigenvalue weighted by molar-refractivity contribution is -0.125. The number of hydrogen-bond donors (Lipinski definition) is 2. The molecule has 0 atom stereocenters. The van der Waals surface area contributed by atoms with Crippen LogP contribution in [0.2, 0.25) is 0 Å². The third-order valence-corrected chi connectivity index (χ3v) is 2.61. The highest BCUT2D eigenvalue weighted by atomic mass is 16.2. The average Bonchev–Trinajstić information content (AvgIpc) is 2.30. The van der Waals surface area contributed by atoms with E-state index in [-0.39, 0.29) is 11.8 Å². The van der Waals surface area contributed by atoms with Gasteiger partial charge in [-0.15, -0.1) is 0 Å². The molecule has 0 bridgehead atoms. The van der Waals surface area contributed by atoms with Crippen LogP contribution in [-0.4, -0.2) is 18.4 Å². The molecule has 98 valence electrons. The van der Waals surface area contributed by atoms with Crippen molar-refractivity contribution in [3.05, 3.63) is 35.4 Å². The maximum absolute atomic E-state index is 10.6. The molecule has 1 fully saturated rings. The van der Waals surface area contributed by atoms with E-state index in [0.717, 1.165) is 31.4 Å². The molecule has 0 unspecified atom stereocenters. The molecule has 0 saturated carbocycles. The molecule has 2 rings (SSSR count). The summed E-state index contributed by atoms with van der Waals surface area (Å²) in [5.41, 5.74) is 7.39. The molecule has 4 heteroatoms. The fraction of sp³-hybridized carbons (Fsp3) is 0.429. The lowest BCUT2D eigenvalue weighted by Crippen LogP contribution is -2.37. The number of aryl methyl sites for hydroxylation is 1. The number of primary amides is 1. The Balaban J connectivity index is 0.000000269. The van der Waals surface area contributed by atoms with Crippen LogP contribution >= 0.6 is 0 Å². The van der Waals surface area contributed by atoms with Gasteiger partial charge < -0.3 is 11.1 Å². The molecule has 1 aromatic carbocycles. The van der Waals surface area contributed by atoms with E-state index in [2.05, 4.69) is 24.4 Å². The standard InChI is InChI=1S/C11H15NO.C3H5NO/c1-2-3-9-4-6-10(7-5-9)8-11(12)13;5-3-1-2-4-3/h4-7H,2-3,8H2,1H3,(H2,12,13);1-2H2,(H,4,5). The molecule has 0 aliphatic carbocycles. The van der Waals surface area contributed by atoms with Gasteiger partial charge in [0, 0.05) is 13.0 Å². The van der Waals surface area contributed by atoms with Crippen LogP contribution in [-0.2, 0) is 22.4 Å². The number of β-lactam (4-membered cyclic amide) rings is 1. The first kappa shape index (κ1) is 14.2. The maximum atomic E-state index is 10.6. The lowest BCUT2D eigenvalue weighted by Gasteiger charge is -2.10. The van der Waals surface area contributed by atoms with Gasteiger partial charge in [-0.1, -0.05) is 37.6 Å². The lowest BCUT2D eigenvalue weighted by atomic mass is 10.1. The molecular formula is C14H20N2O2. The molecule has 1 aromatic rings. The van der Waals surface area contributed by atoms with Crippen molar-refractivity contribution < 1.29 is 9.59 Å². The minimum absolute atomic E-state index is 0.185. The second-order valence-corrected chi connectivity index (χ2v) is 4.31. The first-order valence-electron chi connectivity index (χ1n) is 6.24. The third-order valence-electron chi connectivity index (χ3n) is 2.61. The number of amides is 2. The van der Waals surface area contributed by atoms with Gasteiger partial charge in [0.25, 0.3) is 0 Å². The van der Waals surface area contributed by atoms with Crippen molar-refractivity contribution in [3.8, 4) is 0 Å². The SMILES string of the molecule is CCCc1ccc(CC(N)=O)cc1.O=C1CCN1. The Morgan fingerprint density at radius 2 is 1.78 bits per heavy atom. The van der Waals surface area contributed by atoms with Crippen molar-refractivity contribution >= 4 is 11.8 Å². The zero-order valence-electron chi connectivity index (χ0n) is 10.7. The van der Waals surface area contributed by atoms with Crippen molar-refractivity contribution in [1.29, 1.82) is 0 Å². The summed E-state index contributed by atoms with van der Waals surface area (Å²) in [7, 11) is 0. The number of nitrogens with one attached hydrogen (secondary N) is 1. The number of benzene rings is 1. The van der Waals surface area contributed by atoms with Crippen molar-refractivity contribution in [3.63, 3.8) is 0 Å². The number of nitrogens with two attached hydrogens (primary N) is 1. The summed E-state index contributed by atoms with van der Waals surface area (Å²) < 4.78 is 0. The van der Waals surface area contributed by atoms with Crippen LogP contribution in [0.1, 0.15) is 30.9 Å². The normalized spacial score (nSPS) is 12.8. The van der Waals surface area contributed by atoms with Gasteiger partial charge in [0.15, 0.2) is 0 Å². The largest absolute Gasteiger partial charge is 0.369 e. The van der Waals surface area contributed by atoms with Gasteiger partial charge in [-0.3, -0.25) is 9.59 Å². The Hall–Kier alpha value is -1.84. The zero-order valence-corrected chi connectivity index (χ0v) is 10.7. The molecular weight excluding hydrogens is 228 g/mol. The summed E-state index contributed by atoms with van der Waals surface area (Å²) in [5.74, 6) is -0.0896. The predicted molar refractivity (Wildman–Crippen MR) is 71.0 cm³/mol. The molecule has 0 radical (unpaired) electrons. The molecule has 3 N–H and O–H groups in total. The van der Waals surface area contributed by atoms with Gasteiger partial charge in [0.2, 0.25) is 11.8 Å². The second-order valence-electron chi connectivity index (χ2n) is 4.31. The van der Waals surface area contributed by atoms with E-state index >= 15 is 0 Å². The van der Waals surface area contributed by atoms with Crippen molar-refractivity contribution in [2.24, 2.45) is 5.73 Å². The summed E-state index contributed by atoms with van der Waals surface area (Å²) in [6, 6.07) is 8.05. The highest BCUT2D eigenvalue weighted by Crippen LogP contribution is 2.06. The van der Waals surface area contributed by atoms with Gasteiger partial charge in [0.1, 0.15) is 0 Å². The van der Waals surface area contributed by atoms with Crippen LogP contribution in [0.3, 0.4) is 0 Å². The minimum atomic E-state index is -0.275. The van der Waals surface area contributed by atoms with Crippen LogP contribution in [0, 0.1) is 0 Å². The zero-order chi connectivity index (χ0) is 13.4. The van der Waals surface area contributed by atoms with E-state index < -0.39 is 0 Å². The first-order chi connectivity index (χ1) is 8.61. The summed E-state index contributed by atoms with van der Waals surface area (Å²) >= 11 is 0. The van der Waals surface area contributed by atoms with Crippen LogP contribution < -0.4 is 11.1 Å². The summed E-state index contributed by atoms with van der Waals surface area (Å²) in [4.78, 5) is 20.4. The van der Waals surface area contributed by atoms with Crippen molar-refractivity contribution in [1.82, 2.24) is 5.32 Å². The molecule has 0 aromatic heterocycles. The van der Waals surface area contributed by atoms with Crippen molar-refractivity contribution in [2.45, 2.75) is 32.6 Å². The average molecular weight is 248 g/mol. The summed E-state index contributed by atoms with van der Waals surface area (Å²) in [5, 5.41) is 2.57. The Bertz CT molecular complexity index is 393. The van der Waals surface area contributed by atoms with E-state index in [9.17, 15) is 9.59 Å². The predicted octanol–water partition coefficient (Wildman–Crippen LogP) is 1.17. The number of carbonyl (C=O) groups excluding carboxylic acids is 2. The van der Waals surface area contributed by atoms with Gasteiger partial charge in [-0.2, -0.15) is 0 Å². The number of hydrogen-bond acceptors (Lipinski definition) is 2. The molecule has 2 amide bonds. The van der Waals surface area contributed by atoms with Crippen LogP contribution in [0.25, 0.3) is 0 Å². The first-order valence-corrected chi connectivity index (χ1v) is 6.24. The molecule has 0 spiro atoms. The van der Waals surface area contributed by atoms with E-state index in [1.807, 2.05) is 12.1 Å². The molecule has 1 aliphatic rings. The van der Waals surface area contributed by atoms with Crippen molar-refractivity contribution in [2.75, 3.05) is 6.54 Å². The molecule has 18 heavy (non-hydrogen) atoms. The Labute approximate surface area is 108 Å². The maximum Gasteiger partial charge on any atom is 0.221 e. The van der Waals surface area contributed by atoms with Gasteiger partial charge >= 0.3 is 0 Å². The smallest absolute Gasteiger partial charge is 0.221 e. The van der Waals surface area contributed by atoms with E-state index in [4.69, 9.17) is 5.73 Å². The highest BCUT2D eigenvalue weighted by Gasteiger charge is 2.07. The number of carbonyl (C=O) groups is 2. The highest BCUT2D eigenvalue weighted by molar-refractivity contribution is 5.81. The van der Waals surface area contributed by atoms with Gasteiger partial charge in [-0.05, 0) is 17.5 Å². The fourth-order valence-electron chi connectivity index (χ4n) is 1.54. The van der Waals surface area contributed by atoms with E-state index in [0.29, 0.717) is 6.42 Å². The molecule has 1 aliphatic heterocycles. The summed E-state index contributed by atoms with van der Waals surface area (Å²) in [6.45, 7) is 3.04. The second kappa shape index (κ2) is 7.48. The monoisotopic (exact) mass is 248 g/mol. The Kier molecular flexibility index (Phi) is 5.91. The fourth-order valence-corrected chi connectivity index (χ4v) is 1.54. The molecule has 1 heterocycles. The van der Waals surface area contributed by atoms with Crippen LogP contribution in [0.5, 0.6) is 0 Å². The topological polar surface area (TPSA) is 72.2 Å². The molecule has 1 saturated heterocycles. The Morgan fingerprint density at radius 1 is 1.28 bits per heavy atom. The van der Waals surface area contributed by atoms with E-state index in [1.165, 1.54) is 5.56 Å². The minimum Gasteiger partial charge on any atom is -0.369 e. The van der Waals surface area contributed by atoms with Crippen LogP contribution in [0.15, 0.2) is 24.3 Å². The summed E-state index contributed by atoms with van der Waals surface area (Å²) in [6.07, 6.45) is 3.32. The van der Waals surface area contributed by atoms with Crippen LogP contribution in [0.4, 0.5) is 0 Å².